The highest BCUT2D eigenvalue weighted by molar-refractivity contribution is 7.93. The van der Waals surface area contributed by atoms with Crippen molar-refractivity contribution in [1.29, 1.82) is 0 Å². The van der Waals surface area contributed by atoms with E-state index in [9.17, 15) is 13.2 Å². The second kappa shape index (κ2) is 5.82. The number of aromatic nitrogens is 1. The van der Waals surface area contributed by atoms with Crippen LogP contribution in [0.1, 0.15) is 20.9 Å². The lowest BCUT2D eigenvalue weighted by molar-refractivity contribution is 0.0605. The SMILES string of the molecule is COC(=O)c1sc(NS(=O)(=O)c2ccc(C)cc2)nc1C. The minimum absolute atomic E-state index is 0.133. The highest BCUT2D eigenvalue weighted by Gasteiger charge is 2.20. The van der Waals surface area contributed by atoms with E-state index in [1.807, 2.05) is 6.92 Å². The van der Waals surface area contributed by atoms with Crippen molar-refractivity contribution >= 4 is 32.5 Å². The molecule has 8 heteroatoms. The average molecular weight is 326 g/mol. The van der Waals surface area contributed by atoms with Gasteiger partial charge in [0.05, 0.1) is 17.7 Å². The van der Waals surface area contributed by atoms with Gasteiger partial charge in [-0.2, -0.15) is 0 Å². The topological polar surface area (TPSA) is 85.4 Å². The minimum Gasteiger partial charge on any atom is -0.465 e. The third-order valence-electron chi connectivity index (χ3n) is 2.72. The molecule has 0 spiro atoms. The van der Waals surface area contributed by atoms with Gasteiger partial charge in [0.15, 0.2) is 5.13 Å². The molecule has 0 unspecified atom stereocenters. The molecule has 1 N–H and O–H groups in total. The van der Waals surface area contributed by atoms with E-state index in [0.717, 1.165) is 16.9 Å². The Labute approximate surface area is 126 Å². The lowest BCUT2D eigenvalue weighted by Crippen LogP contribution is -2.12. The molecule has 0 aliphatic rings. The van der Waals surface area contributed by atoms with E-state index in [-0.39, 0.29) is 14.9 Å². The van der Waals surface area contributed by atoms with Crippen molar-refractivity contribution in [3.8, 4) is 0 Å². The fourth-order valence-corrected chi connectivity index (χ4v) is 3.73. The van der Waals surface area contributed by atoms with Crippen LogP contribution >= 0.6 is 11.3 Å². The van der Waals surface area contributed by atoms with Crippen LogP contribution in [0.5, 0.6) is 0 Å². The quantitative estimate of drug-likeness (QED) is 0.872. The first kappa shape index (κ1) is 15.5. The van der Waals surface area contributed by atoms with E-state index in [2.05, 4.69) is 14.4 Å². The fraction of sp³-hybridized carbons (Fsp3) is 0.231. The summed E-state index contributed by atoms with van der Waals surface area (Å²) in [7, 11) is -2.46. The van der Waals surface area contributed by atoms with Crippen LogP contribution < -0.4 is 4.72 Å². The molecule has 1 heterocycles. The number of rotatable bonds is 4. The summed E-state index contributed by atoms with van der Waals surface area (Å²) in [5, 5.41) is 0.133. The lowest BCUT2D eigenvalue weighted by Gasteiger charge is -2.05. The summed E-state index contributed by atoms with van der Waals surface area (Å²) >= 11 is 0.941. The molecule has 2 aromatic rings. The monoisotopic (exact) mass is 326 g/mol. The second-order valence-corrected chi connectivity index (χ2v) is 7.03. The van der Waals surface area contributed by atoms with Gasteiger partial charge in [-0.1, -0.05) is 29.0 Å². The molecule has 0 bridgehead atoms. The zero-order chi connectivity index (χ0) is 15.6. The molecule has 0 saturated carbocycles. The zero-order valence-electron chi connectivity index (χ0n) is 11.7. The number of carbonyl (C=O) groups excluding carboxylic acids is 1. The number of nitrogens with one attached hydrogen (secondary N) is 1. The standard InChI is InChI=1S/C13H14N2O4S2/c1-8-4-6-10(7-5-8)21(17,18)15-13-14-9(2)11(20-13)12(16)19-3/h4-7H,1-3H3,(H,14,15). The number of hydrogen-bond donors (Lipinski definition) is 1. The maximum absolute atomic E-state index is 12.2. The second-order valence-electron chi connectivity index (χ2n) is 4.34. The molecular weight excluding hydrogens is 312 g/mol. The first-order chi connectivity index (χ1) is 9.83. The average Bonchev–Trinajstić information content (AvgIpc) is 2.78. The number of anilines is 1. The van der Waals surface area contributed by atoms with Crippen LogP contribution in [0, 0.1) is 13.8 Å². The first-order valence-electron chi connectivity index (χ1n) is 5.98. The number of hydrogen-bond acceptors (Lipinski definition) is 6. The van der Waals surface area contributed by atoms with Gasteiger partial charge in [0, 0.05) is 0 Å². The number of nitrogens with zero attached hydrogens (tertiary/aromatic N) is 1. The van der Waals surface area contributed by atoms with E-state index in [0.29, 0.717) is 5.69 Å². The number of thiazole rings is 1. The maximum atomic E-state index is 12.2. The van der Waals surface area contributed by atoms with Gasteiger partial charge in [0.1, 0.15) is 4.88 Å². The van der Waals surface area contributed by atoms with Crippen LogP contribution in [0.15, 0.2) is 29.2 Å². The van der Waals surface area contributed by atoms with E-state index >= 15 is 0 Å². The van der Waals surface area contributed by atoms with Gasteiger partial charge in [-0.15, -0.1) is 0 Å². The number of sulfonamides is 1. The molecule has 0 saturated heterocycles. The van der Waals surface area contributed by atoms with Crippen LogP contribution in [-0.4, -0.2) is 26.5 Å². The van der Waals surface area contributed by atoms with Gasteiger partial charge in [-0.05, 0) is 26.0 Å². The summed E-state index contributed by atoms with van der Waals surface area (Å²) in [6.45, 7) is 3.49. The van der Waals surface area contributed by atoms with Gasteiger partial charge in [-0.3, -0.25) is 4.72 Å². The van der Waals surface area contributed by atoms with Crippen molar-refractivity contribution in [2.75, 3.05) is 11.8 Å². The highest BCUT2D eigenvalue weighted by atomic mass is 32.2. The molecule has 0 aliphatic carbocycles. The van der Waals surface area contributed by atoms with E-state index in [4.69, 9.17) is 0 Å². The van der Waals surface area contributed by atoms with Crippen molar-refractivity contribution < 1.29 is 17.9 Å². The summed E-state index contributed by atoms with van der Waals surface area (Å²) in [5.74, 6) is -0.536. The van der Waals surface area contributed by atoms with Gasteiger partial charge >= 0.3 is 5.97 Å². The van der Waals surface area contributed by atoms with Crippen molar-refractivity contribution in [2.24, 2.45) is 0 Å². The van der Waals surface area contributed by atoms with Crippen LogP contribution in [0.4, 0.5) is 5.13 Å². The van der Waals surface area contributed by atoms with Crippen molar-refractivity contribution in [3.05, 3.63) is 40.4 Å². The number of esters is 1. The van der Waals surface area contributed by atoms with Gasteiger partial charge in [-0.25, -0.2) is 18.2 Å². The van der Waals surface area contributed by atoms with Crippen molar-refractivity contribution in [2.45, 2.75) is 18.7 Å². The van der Waals surface area contributed by atoms with Crippen molar-refractivity contribution in [1.82, 2.24) is 4.98 Å². The third kappa shape index (κ3) is 3.40. The maximum Gasteiger partial charge on any atom is 0.350 e. The van der Waals surface area contributed by atoms with Gasteiger partial charge in [0.2, 0.25) is 0 Å². The number of methoxy groups -OCH3 is 1. The summed E-state index contributed by atoms with van der Waals surface area (Å²) in [5.41, 5.74) is 1.39. The summed E-state index contributed by atoms with van der Waals surface area (Å²) in [6.07, 6.45) is 0. The zero-order valence-corrected chi connectivity index (χ0v) is 13.3. The molecule has 0 fully saturated rings. The summed E-state index contributed by atoms with van der Waals surface area (Å²) in [4.78, 5) is 15.9. The van der Waals surface area contributed by atoms with Crippen LogP contribution in [-0.2, 0) is 14.8 Å². The lowest BCUT2D eigenvalue weighted by atomic mass is 10.2. The molecule has 6 nitrogen and oxygen atoms in total. The van der Waals surface area contributed by atoms with E-state index in [1.165, 1.54) is 19.2 Å². The number of aryl methyl sites for hydroxylation is 2. The molecule has 1 aromatic heterocycles. The Balaban J connectivity index is 2.29. The molecular formula is C13H14N2O4S2. The van der Waals surface area contributed by atoms with Gasteiger partial charge in [0.25, 0.3) is 10.0 Å². The Hall–Kier alpha value is -1.93. The predicted molar refractivity (Wildman–Crippen MR) is 80.2 cm³/mol. The third-order valence-corrected chi connectivity index (χ3v) is 5.26. The van der Waals surface area contributed by atoms with E-state index < -0.39 is 16.0 Å². The smallest absolute Gasteiger partial charge is 0.350 e. The highest BCUT2D eigenvalue weighted by Crippen LogP contribution is 2.25. The predicted octanol–water partition coefficient (Wildman–Crippen LogP) is 2.35. The Morgan fingerprint density at radius 2 is 1.86 bits per heavy atom. The Bertz CT molecular complexity index is 764. The number of ether oxygens (including phenoxy) is 1. The minimum atomic E-state index is -3.72. The Kier molecular flexibility index (Phi) is 4.29. The molecule has 112 valence electrons. The summed E-state index contributed by atoms with van der Waals surface area (Å²) in [6, 6.07) is 6.45. The summed E-state index contributed by atoms with van der Waals surface area (Å²) < 4.78 is 31.4. The van der Waals surface area contributed by atoms with Crippen LogP contribution in [0.2, 0.25) is 0 Å². The van der Waals surface area contributed by atoms with Crippen LogP contribution in [0.3, 0.4) is 0 Å². The molecule has 21 heavy (non-hydrogen) atoms. The van der Waals surface area contributed by atoms with Crippen molar-refractivity contribution in [3.63, 3.8) is 0 Å². The number of benzene rings is 1. The van der Waals surface area contributed by atoms with E-state index in [1.54, 1.807) is 19.1 Å². The fourth-order valence-electron chi connectivity index (χ4n) is 1.61. The normalized spacial score (nSPS) is 11.2. The Morgan fingerprint density at radius 1 is 1.24 bits per heavy atom. The number of carbonyl (C=O) groups is 1. The molecule has 0 radical (unpaired) electrons. The molecule has 1 aromatic carbocycles. The largest absolute Gasteiger partial charge is 0.465 e. The van der Waals surface area contributed by atoms with Crippen LogP contribution in [0.25, 0.3) is 0 Å². The Morgan fingerprint density at radius 3 is 2.43 bits per heavy atom. The molecule has 0 atom stereocenters. The van der Waals surface area contributed by atoms with Gasteiger partial charge < -0.3 is 4.74 Å². The molecule has 0 amide bonds. The molecule has 2 rings (SSSR count). The first-order valence-corrected chi connectivity index (χ1v) is 8.28. The molecule has 0 aliphatic heterocycles.